The van der Waals surface area contributed by atoms with E-state index in [1.165, 1.54) is 10.9 Å². The Morgan fingerprint density at radius 3 is 2.86 bits per heavy atom. The number of para-hydroxylation sites is 1. The van der Waals surface area contributed by atoms with Gasteiger partial charge in [-0.05, 0) is 24.5 Å². The smallest absolute Gasteiger partial charge is 0.308 e. The Labute approximate surface area is 123 Å². The Kier molecular flexibility index (Phi) is 4.98. The molecule has 3 N–H and O–H groups in total. The SMILES string of the molecule is CC(CNC(=O)CCCc1c[nH]c2ccccc12)C(=O)O. The molecule has 5 nitrogen and oxygen atoms in total. The third-order valence-electron chi connectivity index (χ3n) is 3.55. The molecule has 1 amide bonds. The average Bonchev–Trinajstić information content (AvgIpc) is 2.88. The van der Waals surface area contributed by atoms with Crippen LogP contribution in [0.4, 0.5) is 0 Å². The number of aryl methyl sites for hydroxylation is 1. The van der Waals surface area contributed by atoms with Crippen LogP contribution in [0.2, 0.25) is 0 Å². The molecule has 0 aliphatic rings. The fraction of sp³-hybridized carbons (Fsp3) is 0.375. The van der Waals surface area contributed by atoms with Crippen molar-refractivity contribution in [2.75, 3.05) is 6.54 Å². The molecule has 0 saturated carbocycles. The Hall–Kier alpha value is -2.30. The number of nitrogens with one attached hydrogen (secondary N) is 2. The third-order valence-corrected chi connectivity index (χ3v) is 3.55. The van der Waals surface area contributed by atoms with E-state index in [2.05, 4.69) is 16.4 Å². The van der Waals surface area contributed by atoms with Gasteiger partial charge in [0.2, 0.25) is 5.91 Å². The highest BCUT2D eigenvalue weighted by atomic mass is 16.4. The molecule has 5 heteroatoms. The molecule has 0 bridgehead atoms. The van der Waals surface area contributed by atoms with E-state index < -0.39 is 11.9 Å². The van der Waals surface area contributed by atoms with Gasteiger partial charge in [-0.25, -0.2) is 0 Å². The maximum absolute atomic E-state index is 11.7. The lowest BCUT2D eigenvalue weighted by Gasteiger charge is -2.08. The van der Waals surface area contributed by atoms with E-state index in [-0.39, 0.29) is 12.5 Å². The van der Waals surface area contributed by atoms with Gasteiger partial charge in [-0.15, -0.1) is 0 Å². The van der Waals surface area contributed by atoms with Crippen LogP contribution < -0.4 is 5.32 Å². The minimum atomic E-state index is -0.894. The van der Waals surface area contributed by atoms with E-state index in [0.717, 1.165) is 18.4 Å². The summed E-state index contributed by atoms with van der Waals surface area (Å²) >= 11 is 0. The normalized spacial score (nSPS) is 12.2. The average molecular weight is 288 g/mol. The van der Waals surface area contributed by atoms with Crippen molar-refractivity contribution in [2.45, 2.75) is 26.2 Å². The number of carbonyl (C=O) groups is 2. The van der Waals surface area contributed by atoms with Crippen LogP contribution >= 0.6 is 0 Å². The molecule has 0 saturated heterocycles. The van der Waals surface area contributed by atoms with Gasteiger partial charge in [0.05, 0.1) is 5.92 Å². The summed E-state index contributed by atoms with van der Waals surface area (Å²) in [5.74, 6) is -1.54. The molecule has 0 aliphatic heterocycles. The highest BCUT2D eigenvalue weighted by molar-refractivity contribution is 5.83. The number of aliphatic carboxylic acids is 1. The van der Waals surface area contributed by atoms with E-state index in [0.29, 0.717) is 6.42 Å². The molecule has 1 aromatic heterocycles. The van der Waals surface area contributed by atoms with Crippen LogP contribution in [0.3, 0.4) is 0 Å². The number of amides is 1. The highest BCUT2D eigenvalue weighted by Crippen LogP contribution is 2.19. The first-order valence-corrected chi connectivity index (χ1v) is 7.12. The van der Waals surface area contributed by atoms with Crippen LogP contribution in [0.1, 0.15) is 25.3 Å². The zero-order valence-electron chi connectivity index (χ0n) is 12.1. The molecular weight excluding hydrogens is 268 g/mol. The second-order valence-corrected chi connectivity index (χ2v) is 5.26. The second kappa shape index (κ2) is 6.92. The fourth-order valence-electron chi connectivity index (χ4n) is 2.22. The highest BCUT2D eigenvalue weighted by Gasteiger charge is 2.12. The number of hydrogen-bond acceptors (Lipinski definition) is 2. The first-order valence-electron chi connectivity index (χ1n) is 7.12. The summed E-state index contributed by atoms with van der Waals surface area (Å²) in [7, 11) is 0. The Bertz CT molecular complexity index is 633. The number of H-pyrrole nitrogens is 1. The summed E-state index contributed by atoms with van der Waals surface area (Å²) in [5, 5.41) is 12.6. The number of benzene rings is 1. The number of carboxylic acids is 1. The summed E-state index contributed by atoms with van der Waals surface area (Å²) in [5.41, 5.74) is 2.31. The van der Waals surface area contributed by atoms with Gasteiger partial charge in [0, 0.05) is 30.1 Å². The molecule has 1 unspecified atom stereocenters. The van der Waals surface area contributed by atoms with Crippen molar-refractivity contribution >= 4 is 22.8 Å². The van der Waals surface area contributed by atoms with Crippen molar-refractivity contribution in [1.29, 1.82) is 0 Å². The molecule has 0 aliphatic carbocycles. The molecule has 0 radical (unpaired) electrons. The van der Waals surface area contributed by atoms with Crippen molar-refractivity contribution < 1.29 is 14.7 Å². The molecule has 2 aromatic rings. The number of rotatable bonds is 7. The van der Waals surface area contributed by atoms with E-state index >= 15 is 0 Å². The molecule has 1 atom stereocenters. The van der Waals surface area contributed by atoms with Gasteiger partial charge in [0.25, 0.3) is 0 Å². The maximum atomic E-state index is 11.7. The van der Waals surface area contributed by atoms with Crippen molar-refractivity contribution in [2.24, 2.45) is 5.92 Å². The van der Waals surface area contributed by atoms with Crippen molar-refractivity contribution in [3.05, 3.63) is 36.0 Å². The minimum absolute atomic E-state index is 0.0945. The summed E-state index contributed by atoms with van der Waals surface area (Å²) in [6.45, 7) is 1.76. The summed E-state index contributed by atoms with van der Waals surface area (Å²) < 4.78 is 0. The Morgan fingerprint density at radius 1 is 1.33 bits per heavy atom. The zero-order chi connectivity index (χ0) is 15.2. The van der Waals surface area contributed by atoms with Gasteiger partial charge >= 0.3 is 5.97 Å². The molecule has 2 rings (SSSR count). The second-order valence-electron chi connectivity index (χ2n) is 5.26. The third kappa shape index (κ3) is 4.08. The monoisotopic (exact) mass is 288 g/mol. The molecule has 21 heavy (non-hydrogen) atoms. The van der Waals surface area contributed by atoms with Gasteiger partial charge in [-0.3, -0.25) is 9.59 Å². The van der Waals surface area contributed by atoms with Crippen LogP contribution in [0.5, 0.6) is 0 Å². The summed E-state index contributed by atoms with van der Waals surface area (Å²) in [4.78, 5) is 25.5. The van der Waals surface area contributed by atoms with Gasteiger partial charge in [-0.1, -0.05) is 25.1 Å². The number of aromatic amines is 1. The Balaban J connectivity index is 1.76. The largest absolute Gasteiger partial charge is 0.481 e. The van der Waals surface area contributed by atoms with E-state index in [1.54, 1.807) is 6.92 Å². The van der Waals surface area contributed by atoms with Crippen molar-refractivity contribution in [3.63, 3.8) is 0 Å². The van der Waals surface area contributed by atoms with Gasteiger partial charge in [0.1, 0.15) is 0 Å². The maximum Gasteiger partial charge on any atom is 0.308 e. The van der Waals surface area contributed by atoms with Gasteiger partial charge in [0.15, 0.2) is 0 Å². The fourth-order valence-corrected chi connectivity index (χ4v) is 2.22. The first-order chi connectivity index (χ1) is 10.1. The predicted octanol–water partition coefficient (Wildman–Crippen LogP) is 2.33. The van der Waals surface area contributed by atoms with Crippen molar-refractivity contribution in [1.82, 2.24) is 10.3 Å². The van der Waals surface area contributed by atoms with Crippen molar-refractivity contribution in [3.8, 4) is 0 Å². The van der Waals surface area contributed by atoms with Crippen LogP contribution in [0.25, 0.3) is 10.9 Å². The van der Waals surface area contributed by atoms with Gasteiger partial charge < -0.3 is 15.4 Å². The number of fused-ring (bicyclic) bond motifs is 1. The molecule has 0 spiro atoms. The molecular formula is C16H20N2O3. The number of hydrogen-bond donors (Lipinski definition) is 3. The van der Waals surface area contributed by atoms with Crippen LogP contribution in [-0.4, -0.2) is 28.5 Å². The molecule has 1 aromatic carbocycles. The zero-order valence-corrected chi connectivity index (χ0v) is 12.1. The minimum Gasteiger partial charge on any atom is -0.481 e. The standard InChI is InChI=1S/C16H20N2O3/c1-11(16(20)21)9-18-15(19)8-4-5-12-10-17-14-7-3-2-6-13(12)14/h2-3,6-7,10-11,17H,4-5,8-9H2,1H3,(H,18,19)(H,20,21). The lowest BCUT2D eigenvalue weighted by atomic mass is 10.1. The van der Waals surface area contributed by atoms with E-state index in [9.17, 15) is 9.59 Å². The molecule has 0 fully saturated rings. The molecule has 112 valence electrons. The summed E-state index contributed by atoms with van der Waals surface area (Å²) in [6, 6.07) is 8.08. The lowest BCUT2D eigenvalue weighted by molar-refractivity contribution is -0.141. The number of carbonyl (C=O) groups excluding carboxylic acids is 1. The topological polar surface area (TPSA) is 82.2 Å². The van der Waals surface area contributed by atoms with Crippen LogP contribution in [0.15, 0.2) is 30.5 Å². The van der Waals surface area contributed by atoms with Crippen LogP contribution in [-0.2, 0) is 16.0 Å². The van der Waals surface area contributed by atoms with Gasteiger partial charge in [-0.2, -0.15) is 0 Å². The lowest BCUT2D eigenvalue weighted by Crippen LogP contribution is -2.31. The van der Waals surface area contributed by atoms with E-state index in [1.807, 2.05) is 24.4 Å². The first kappa shape index (κ1) is 15.1. The quantitative estimate of drug-likeness (QED) is 0.731. The Morgan fingerprint density at radius 2 is 2.10 bits per heavy atom. The summed E-state index contributed by atoms with van der Waals surface area (Å²) in [6.07, 6.45) is 3.96. The molecule has 1 heterocycles. The number of carboxylic acid groups (broad SMARTS) is 1. The van der Waals surface area contributed by atoms with Crippen LogP contribution in [0, 0.1) is 5.92 Å². The van der Waals surface area contributed by atoms with E-state index in [4.69, 9.17) is 5.11 Å². The number of aromatic nitrogens is 1. The predicted molar refractivity (Wildman–Crippen MR) is 81.0 cm³/mol.